The minimum atomic E-state index is -4.70. The van der Waals surface area contributed by atoms with E-state index in [2.05, 4.69) is 4.74 Å². The van der Waals surface area contributed by atoms with Crippen molar-refractivity contribution >= 4 is 18.3 Å². The molecule has 0 radical (unpaired) electrons. The summed E-state index contributed by atoms with van der Waals surface area (Å²) in [4.78, 5) is 13.8. The number of benzene rings is 1. The first-order valence-corrected chi connectivity index (χ1v) is 7.10. The Balaban J connectivity index is 0.00000264. The molecule has 2 rings (SSSR count). The van der Waals surface area contributed by atoms with E-state index >= 15 is 0 Å². The number of rotatable bonds is 4. The van der Waals surface area contributed by atoms with E-state index in [4.69, 9.17) is 5.73 Å². The summed E-state index contributed by atoms with van der Waals surface area (Å²) in [5.74, 6) is -0.289. The molecule has 1 fully saturated rings. The highest BCUT2D eigenvalue weighted by Crippen LogP contribution is 2.27. The van der Waals surface area contributed by atoms with Crippen LogP contribution in [0.1, 0.15) is 24.8 Å². The molecule has 8 heteroatoms. The molecule has 1 amide bonds. The van der Waals surface area contributed by atoms with Crippen molar-refractivity contribution in [2.75, 3.05) is 7.05 Å². The van der Waals surface area contributed by atoms with Gasteiger partial charge >= 0.3 is 6.36 Å². The second-order valence-electron chi connectivity index (χ2n) is 5.66. The number of amides is 1. The van der Waals surface area contributed by atoms with Crippen molar-refractivity contribution in [3.63, 3.8) is 0 Å². The SMILES string of the molecule is CN(Cc1ccc(OC(F)(F)F)cc1)C(=O)C1CCC(N)C1.Cl. The normalized spacial score (nSPS) is 20.7. The van der Waals surface area contributed by atoms with E-state index in [0.29, 0.717) is 13.0 Å². The fraction of sp³-hybridized carbons (Fsp3) is 0.533. The van der Waals surface area contributed by atoms with E-state index in [1.54, 1.807) is 11.9 Å². The highest BCUT2D eigenvalue weighted by molar-refractivity contribution is 5.85. The zero-order valence-electron chi connectivity index (χ0n) is 12.7. The molecule has 0 aromatic heterocycles. The average Bonchev–Trinajstić information content (AvgIpc) is 2.85. The number of nitrogens with zero attached hydrogens (tertiary/aromatic N) is 1. The quantitative estimate of drug-likeness (QED) is 0.906. The van der Waals surface area contributed by atoms with Gasteiger partial charge in [-0.2, -0.15) is 0 Å². The van der Waals surface area contributed by atoms with Gasteiger partial charge in [0.25, 0.3) is 0 Å². The van der Waals surface area contributed by atoms with Crippen LogP contribution >= 0.6 is 12.4 Å². The highest BCUT2D eigenvalue weighted by Gasteiger charge is 2.31. The molecule has 1 aromatic carbocycles. The molecule has 23 heavy (non-hydrogen) atoms. The van der Waals surface area contributed by atoms with Crippen LogP contribution in [0.2, 0.25) is 0 Å². The maximum absolute atomic E-state index is 12.2. The molecule has 0 aliphatic heterocycles. The summed E-state index contributed by atoms with van der Waals surface area (Å²) >= 11 is 0. The number of ether oxygens (including phenoxy) is 1. The summed E-state index contributed by atoms with van der Waals surface area (Å²) in [6, 6.07) is 5.61. The van der Waals surface area contributed by atoms with Gasteiger partial charge in [0.2, 0.25) is 5.91 Å². The molecular formula is C15H20ClF3N2O2. The van der Waals surface area contributed by atoms with Crippen LogP contribution in [0.25, 0.3) is 0 Å². The first-order valence-electron chi connectivity index (χ1n) is 7.10. The van der Waals surface area contributed by atoms with Crippen LogP contribution in [-0.4, -0.2) is 30.3 Å². The number of hydrogen-bond donors (Lipinski definition) is 1. The van der Waals surface area contributed by atoms with Crippen LogP contribution < -0.4 is 10.5 Å². The number of nitrogens with two attached hydrogens (primary N) is 1. The molecule has 2 atom stereocenters. The minimum absolute atomic E-state index is 0. The lowest BCUT2D eigenvalue weighted by Gasteiger charge is -2.21. The first-order chi connectivity index (χ1) is 10.2. The van der Waals surface area contributed by atoms with Crippen LogP contribution in [0.5, 0.6) is 5.75 Å². The van der Waals surface area contributed by atoms with E-state index in [1.165, 1.54) is 24.3 Å². The predicted octanol–water partition coefficient (Wildman–Crippen LogP) is 3.09. The smallest absolute Gasteiger partial charge is 0.406 e. The van der Waals surface area contributed by atoms with Gasteiger partial charge in [0.15, 0.2) is 0 Å². The summed E-state index contributed by atoms with van der Waals surface area (Å²) in [7, 11) is 1.69. The number of halogens is 4. The van der Waals surface area contributed by atoms with Gasteiger partial charge in [-0.3, -0.25) is 4.79 Å². The van der Waals surface area contributed by atoms with Gasteiger partial charge in [-0.05, 0) is 37.0 Å². The lowest BCUT2D eigenvalue weighted by Crippen LogP contribution is -2.32. The summed E-state index contributed by atoms with van der Waals surface area (Å²) in [5.41, 5.74) is 6.55. The Morgan fingerprint density at radius 1 is 1.30 bits per heavy atom. The van der Waals surface area contributed by atoms with Crippen molar-refractivity contribution in [1.82, 2.24) is 4.90 Å². The molecule has 0 bridgehead atoms. The van der Waals surface area contributed by atoms with Gasteiger partial charge in [0.05, 0.1) is 0 Å². The molecular weight excluding hydrogens is 333 g/mol. The Kier molecular flexibility index (Phi) is 6.70. The van der Waals surface area contributed by atoms with Crippen molar-refractivity contribution in [2.45, 2.75) is 38.2 Å². The molecule has 1 aromatic rings. The first kappa shape index (κ1) is 19.6. The fourth-order valence-corrected chi connectivity index (χ4v) is 2.70. The number of hydrogen-bond acceptors (Lipinski definition) is 3. The maximum atomic E-state index is 12.2. The standard InChI is InChI=1S/C15H19F3N2O2.ClH/c1-20(14(21)11-4-5-12(19)8-11)9-10-2-6-13(7-3-10)22-15(16,17)18;/h2-3,6-7,11-12H,4-5,8-9,19H2,1H3;1H. The van der Waals surface area contributed by atoms with E-state index in [9.17, 15) is 18.0 Å². The van der Waals surface area contributed by atoms with Gasteiger partial charge < -0.3 is 15.4 Å². The summed E-state index contributed by atoms with van der Waals surface area (Å²) < 4.78 is 40.0. The van der Waals surface area contributed by atoms with Crippen molar-refractivity contribution in [3.8, 4) is 5.75 Å². The molecule has 1 aliphatic rings. The molecule has 1 aliphatic carbocycles. The van der Waals surface area contributed by atoms with E-state index in [1.807, 2.05) is 0 Å². The molecule has 0 saturated heterocycles. The monoisotopic (exact) mass is 352 g/mol. The van der Waals surface area contributed by atoms with Gasteiger partial charge in [-0.1, -0.05) is 12.1 Å². The lowest BCUT2D eigenvalue weighted by atomic mass is 10.1. The number of carbonyl (C=O) groups excluding carboxylic acids is 1. The molecule has 0 heterocycles. The third-order valence-electron chi connectivity index (χ3n) is 3.78. The second kappa shape index (κ2) is 7.88. The van der Waals surface area contributed by atoms with Crippen molar-refractivity contribution in [3.05, 3.63) is 29.8 Å². The number of alkyl halides is 3. The topological polar surface area (TPSA) is 55.6 Å². The molecule has 0 spiro atoms. The Morgan fingerprint density at radius 3 is 2.39 bits per heavy atom. The summed E-state index contributed by atoms with van der Waals surface area (Å²) in [6.45, 7) is 0.344. The van der Waals surface area contributed by atoms with E-state index < -0.39 is 6.36 Å². The Labute approximate surface area is 139 Å². The molecule has 130 valence electrons. The van der Waals surface area contributed by atoms with Crippen LogP contribution in [-0.2, 0) is 11.3 Å². The minimum Gasteiger partial charge on any atom is -0.406 e. The maximum Gasteiger partial charge on any atom is 0.573 e. The zero-order valence-corrected chi connectivity index (χ0v) is 13.5. The largest absolute Gasteiger partial charge is 0.573 e. The lowest BCUT2D eigenvalue weighted by molar-refractivity contribution is -0.274. The fourth-order valence-electron chi connectivity index (χ4n) is 2.70. The third kappa shape index (κ3) is 5.91. The van der Waals surface area contributed by atoms with E-state index in [0.717, 1.165) is 18.4 Å². The van der Waals surface area contributed by atoms with Gasteiger partial charge in [0.1, 0.15) is 5.75 Å². The predicted molar refractivity (Wildman–Crippen MR) is 82.2 cm³/mol. The van der Waals surface area contributed by atoms with Crippen LogP contribution in [0.3, 0.4) is 0 Å². The third-order valence-corrected chi connectivity index (χ3v) is 3.78. The molecule has 2 N–H and O–H groups in total. The summed E-state index contributed by atoms with van der Waals surface area (Å²) in [6.07, 6.45) is -2.35. The van der Waals surface area contributed by atoms with Crippen molar-refractivity contribution < 1.29 is 22.7 Å². The van der Waals surface area contributed by atoms with Crippen molar-refractivity contribution in [1.29, 1.82) is 0 Å². The average molecular weight is 353 g/mol. The van der Waals surface area contributed by atoms with Gasteiger partial charge in [0, 0.05) is 25.6 Å². The second-order valence-corrected chi connectivity index (χ2v) is 5.66. The Morgan fingerprint density at radius 2 is 1.91 bits per heavy atom. The highest BCUT2D eigenvalue weighted by atomic mass is 35.5. The van der Waals surface area contributed by atoms with Crippen LogP contribution in [0.4, 0.5) is 13.2 Å². The molecule has 1 saturated carbocycles. The Bertz CT molecular complexity index is 522. The molecule has 2 unspecified atom stereocenters. The van der Waals surface area contributed by atoms with Crippen molar-refractivity contribution in [2.24, 2.45) is 11.7 Å². The van der Waals surface area contributed by atoms with Crippen LogP contribution in [0.15, 0.2) is 24.3 Å². The molecule has 4 nitrogen and oxygen atoms in total. The Hall–Kier alpha value is -1.47. The zero-order chi connectivity index (χ0) is 16.3. The van der Waals surface area contributed by atoms with Gasteiger partial charge in [-0.25, -0.2) is 0 Å². The summed E-state index contributed by atoms with van der Waals surface area (Å²) in [5, 5.41) is 0. The van der Waals surface area contributed by atoms with Crippen LogP contribution in [0, 0.1) is 5.92 Å². The van der Waals surface area contributed by atoms with Gasteiger partial charge in [-0.15, -0.1) is 25.6 Å². The van der Waals surface area contributed by atoms with E-state index in [-0.39, 0.29) is 36.0 Å². The number of carbonyl (C=O) groups is 1.